The minimum absolute atomic E-state index is 0.0373. The van der Waals surface area contributed by atoms with Crippen LogP contribution in [0.15, 0.2) is 206 Å². The van der Waals surface area contributed by atoms with Crippen molar-refractivity contribution in [2.45, 2.75) is 32.1 Å². The zero-order chi connectivity index (χ0) is 87.5. The molecule has 1 aliphatic heterocycles. The Labute approximate surface area is 730 Å². The molecule has 0 saturated carbocycles. The van der Waals surface area contributed by atoms with Crippen LogP contribution in [0.4, 0.5) is 8.78 Å². The summed E-state index contributed by atoms with van der Waals surface area (Å²) in [4.78, 5) is 74.9. The number of carbonyl (C=O) groups excluding carboxylic acids is 6. The van der Waals surface area contributed by atoms with Crippen LogP contribution in [0, 0.1) is 121 Å². The third kappa shape index (κ3) is 46.9. The first-order chi connectivity index (χ1) is 56.7. The number of terminal acetylenes is 4. The summed E-state index contributed by atoms with van der Waals surface area (Å²) < 4.78 is 72.0. The molecule has 0 aliphatic carbocycles. The van der Waals surface area contributed by atoms with E-state index in [2.05, 4.69) is 308 Å². The number of hydrogen-bond acceptors (Lipinski definition) is 23. The summed E-state index contributed by atoms with van der Waals surface area (Å²) in [7, 11) is 9.36. The number of methoxy groups -OCH3 is 2. The Balaban J connectivity index is 0. The second kappa shape index (κ2) is 70.7. The molecule has 0 atom stereocenters. The van der Waals surface area contributed by atoms with Gasteiger partial charge in [0.15, 0.2) is 0 Å². The molecule has 0 amide bonds. The van der Waals surface area contributed by atoms with E-state index in [0.717, 1.165) is 60.8 Å². The van der Waals surface area contributed by atoms with Gasteiger partial charge in [0.05, 0.1) is 66.8 Å². The third-order valence-corrected chi connectivity index (χ3v) is 18.9. The van der Waals surface area contributed by atoms with Crippen LogP contribution in [0.2, 0.25) is 0 Å². The van der Waals surface area contributed by atoms with Gasteiger partial charge in [0.2, 0.25) is 0 Å². The van der Waals surface area contributed by atoms with Crippen molar-refractivity contribution < 1.29 is 73.4 Å². The summed E-state index contributed by atoms with van der Waals surface area (Å²) in [5.74, 6) is 24.4. The zero-order valence-corrected chi connectivity index (χ0v) is 71.2. The molecule has 30 heteroatoms. The number of thiophene rings is 6. The van der Waals surface area contributed by atoms with Gasteiger partial charge >= 0.3 is 85.3 Å². The fraction of sp³-hybridized carbons (Fsp3) is 0.129. The van der Waals surface area contributed by atoms with E-state index in [4.69, 9.17) is 56.9 Å². The van der Waals surface area contributed by atoms with Gasteiger partial charge in [0.1, 0.15) is 41.1 Å². The molecule has 2 radical (unpaired) electrons. The van der Waals surface area contributed by atoms with Crippen molar-refractivity contribution >= 4 is 209 Å². The van der Waals surface area contributed by atoms with Crippen molar-refractivity contribution in [3.05, 3.63) is 231 Å². The van der Waals surface area contributed by atoms with Gasteiger partial charge in [-0.1, -0.05) is 30.0 Å². The molecule has 7 heterocycles. The maximum atomic E-state index is 12.5. The number of esters is 6. The van der Waals surface area contributed by atoms with E-state index in [1.165, 1.54) is 95.1 Å². The molecule has 0 bridgehead atoms. The van der Waals surface area contributed by atoms with E-state index in [1.807, 2.05) is 46.6 Å². The first-order valence-electron chi connectivity index (χ1n) is 31.2. The Kier molecular flexibility index (Phi) is 61.8. The van der Waals surface area contributed by atoms with Crippen LogP contribution in [-0.2, 0) is 81.2 Å². The number of hydrogen-bond donors (Lipinski definition) is 2. The topological polar surface area (TPSA) is 192 Å². The fourth-order valence-corrected chi connectivity index (χ4v) is 14.3. The van der Waals surface area contributed by atoms with Gasteiger partial charge in [0.25, 0.3) is 0 Å². The summed E-state index contributed by atoms with van der Waals surface area (Å²) in [5.41, 5.74) is 49.5. The zero-order valence-electron chi connectivity index (χ0n) is 61.7. The van der Waals surface area contributed by atoms with Crippen LogP contribution >= 0.6 is 141 Å². The van der Waals surface area contributed by atoms with Crippen LogP contribution in [0.1, 0.15) is 49.0 Å². The number of rotatable bonds is 14. The van der Waals surface area contributed by atoms with Gasteiger partial charge in [-0.15, -0.1) is 69.5 Å². The number of thiol groups is 2. The van der Waals surface area contributed by atoms with Gasteiger partial charge in [-0.3, -0.25) is 23.2 Å². The Morgan fingerprint density at radius 3 is 1.33 bits per heavy atom. The van der Waals surface area contributed by atoms with E-state index >= 15 is 0 Å². The molecule has 566 valence electrons. The molecule has 0 aromatic carbocycles. The first kappa shape index (κ1) is 101. The van der Waals surface area contributed by atoms with Crippen molar-refractivity contribution in [3.8, 4) is 141 Å². The molecule has 0 N–H and O–H groups in total. The van der Waals surface area contributed by atoms with E-state index in [1.54, 1.807) is 29.0 Å². The van der Waals surface area contributed by atoms with Crippen LogP contribution in [0.25, 0.3) is 36.2 Å². The van der Waals surface area contributed by atoms with Crippen molar-refractivity contribution in [2.75, 3.05) is 41.7 Å². The average molecular weight is 1860 g/mol. The predicted molar refractivity (Wildman–Crippen MR) is 467 cm³/mol. The SMILES string of the molecule is C#CC#CC#CC#COC(=O)C(=C=C=C=C=C=C=C)c1ccsc1.C#CC#CC#CC#COC(=O)C(=C=C=C=C=C=C=C)c1ccsc1Br.C#COC(=O)C(=C=C=C=C=C=C=C)c1cc(Br)sc1-c1sc(Br)cc1CC(=O)OC.C#COC(=O)Cc1ccsc1-c1sccc1CC(=O)OC.C1CCOC1.[2H]CF.[2H]CF.[B]=NS.[B]=NS. The van der Waals surface area contributed by atoms with E-state index in [0.29, 0.717) is 16.7 Å². The van der Waals surface area contributed by atoms with Gasteiger partial charge in [-0.2, -0.15) is 11.3 Å². The van der Waals surface area contributed by atoms with Crippen molar-refractivity contribution in [3.63, 3.8) is 0 Å². The molecular weight excluding hydrogens is 1810 g/mol. The van der Waals surface area contributed by atoms with Crippen LogP contribution < -0.4 is 0 Å². The predicted octanol–water partition coefficient (Wildman–Crippen LogP) is 17.4. The van der Waals surface area contributed by atoms with Crippen molar-refractivity contribution in [1.82, 2.24) is 0 Å². The Morgan fingerprint density at radius 1 is 0.513 bits per heavy atom. The standard InChI is InChI=1S/C22H10Br2O4S2.C21H5BrO2S.C21H6O2S.C15H12O4S2.C4H8O.2CH3F.2BHNS/c1-4-6-7-8-9-10-15(22(26)28-5-2)16-13-18(24)30-21(16)20-14(11-17(23)29-20)12-19(25)27-3;1-3-5-7-9-11-13-16-24-21(23)19(14-12-10-8-6-4-2)18-15-17-25-20(18)22;1-3-5-7-9-11-13-16-23-21(22)20(19-15-17-24-18-19)14-12-10-8-6-4-2;1-3-19-13(17)9-11-5-7-21-15(11)14-10(4-6-20-14)8-12(16)18-2;1-2-4-5-3-1;2*1-2;2*1-2-3/h2,11,13H,1,12H2,3H3;1,15,17H,2H2;1,15,17-18H,2H2;1,4-7H,8-9H2,2H3;1-4H2;2*1H3;2*3H/i;;;;;2*1D;;. The number of nitrogens with zero attached hydrogens (tertiary/aromatic N) is 2. The molecular formula is C85H49B2Br3F2N2O13S8. The van der Waals surface area contributed by atoms with Crippen molar-refractivity contribution in [1.29, 1.82) is 0 Å². The minimum atomic E-state index is -1.00. The number of alkyl halides is 2. The van der Waals surface area contributed by atoms with Crippen LogP contribution in [0.5, 0.6) is 0 Å². The second-order valence-electron chi connectivity index (χ2n) is 17.8. The Bertz CT molecular complexity index is 5900. The van der Waals surface area contributed by atoms with Gasteiger partial charge in [0, 0.05) is 80.1 Å². The monoisotopic (exact) mass is 1860 g/mol. The molecule has 1 fully saturated rings. The molecule has 7 rings (SSSR count). The third-order valence-electron chi connectivity index (χ3n) is 11.0. The normalized spacial score (nSPS) is 8.44. The summed E-state index contributed by atoms with van der Waals surface area (Å²) >= 11 is 25.3. The summed E-state index contributed by atoms with van der Waals surface area (Å²) in [6.07, 6.45) is 31.0. The number of halogens is 5. The van der Waals surface area contributed by atoms with Gasteiger partial charge < -0.3 is 33.2 Å². The molecule has 15 nitrogen and oxygen atoms in total. The van der Waals surface area contributed by atoms with Crippen molar-refractivity contribution in [2.24, 2.45) is 8.60 Å². The summed E-state index contributed by atoms with van der Waals surface area (Å²) in [5, 5.41) is 9.19. The van der Waals surface area contributed by atoms with E-state index in [9.17, 15) is 37.5 Å². The molecule has 1 aliphatic rings. The summed E-state index contributed by atoms with van der Waals surface area (Å²) in [6, 6.07) is 10.8. The van der Waals surface area contributed by atoms with Crippen LogP contribution in [-0.4, -0.2) is 92.8 Å². The molecule has 6 aromatic rings. The molecule has 0 spiro atoms. The Morgan fingerprint density at radius 2 is 0.913 bits per heavy atom. The molecule has 115 heavy (non-hydrogen) atoms. The quantitative estimate of drug-likeness (QED) is 0.0199. The first-order valence-corrected chi connectivity index (χ1v) is 38.2. The average Bonchev–Trinajstić information content (AvgIpc) is 1.64. The molecule has 6 aromatic heterocycles. The fourth-order valence-electron chi connectivity index (χ4n) is 6.84. The molecule has 1 saturated heterocycles. The second-order valence-corrected chi connectivity index (χ2v) is 27.9. The number of carbonyl (C=O) groups is 6. The van der Waals surface area contributed by atoms with Gasteiger partial charge in [-0.25, -0.2) is 14.4 Å². The summed E-state index contributed by atoms with van der Waals surface area (Å²) in [6.45, 7) is 12.0. The van der Waals surface area contributed by atoms with Crippen LogP contribution in [0.3, 0.4) is 0 Å². The van der Waals surface area contributed by atoms with Gasteiger partial charge in [-0.05, 0) is 282 Å². The van der Waals surface area contributed by atoms with E-state index in [-0.39, 0.29) is 47.9 Å². The molecule has 0 unspecified atom stereocenters. The maximum absolute atomic E-state index is 12.5. The Hall–Kier alpha value is -12.4. The number of ether oxygens (including phenoxy) is 7. The van der Waals surface area contributed by atoms with E-state index < -0.39 is 38.2 Å².